The smallest absolute Gasteiger partial charge is 0.314 e. The van der Waals surface area contributed by atoms with Crippen molar-refractivity contribution in [3.8, 4) is 11.5 Å². The van der Waals surface area contributed by atoms with E-state index in [1.165, 1.54) is 0 Å². The van der Waals surface area contributed by atoms with Crippen LogP contribution in [0.2, 0.25) is 10.0 Å². The van der Waals surface area contributed by atoms with Gasteiger partial charge in [0.15, 0.2) is 5.76 Å². The Morgan fingerprint density at radius 2 is 1.92 bits per heavy atom. The zero-order chi connectivity index (χ0) is 17.6. The molecule has 0 bridgehead atoms. The van der Waals surface area contributed by atoms with E-state index in [1.54, 1.807) is 42.5 Å². The second-order valence-corrected chi connectivity index (χ2v) is 6.78. The first kappa shape index (κ1) is 16.2. The number of hydrogen-bond acceptors (Lipinski definition) is 4. The molecule has 1 heterocycles. The molecule has 2 aromatic carbocycles. The molecule has 4 nitrogen and oxygen atoms in total. The van der Waals surface area contributed by atoms with E-state index in [9.17, 15) is 9.59 Å². The van der Waals surface area contributed by atoms with Gasteiger partial charge in [-0.3, -0.25) is 9.59 Å². The molecule has 25 heavy (non-hydrogen) atoms. The van der Waals surface area contributed by atoms with Gasteiger partial charge in [-0.2, -0.15) is 0 Å². The monoisotopic (exact) mass is 374 g/mol. The fourth-order valence-corrected chi connectivity index (χ4v) is 2.81. The topological polar surface area (TPSA) is 52.6 Å². The van der Waals surface area contributed by atoms with Crippen molar-refractivity contribution in [2.24, 2.45) is 5.92 Å². The molecule has 2 aliphatic rings. The van der Waals surface area contributed by atoms with Crippen molar-refractivity contribution >= 4 is 41.0 Å². The van der Waals surface area contributed by atoms with Crippen molar-refractivity contribution < 1.29 is 19.1 Å². The Labute approximate surface area is 153 Å². The average Bonchev–Trinajstić information content (AvgIpc) is 3.38. The van der Waals surface area contributed by atoms with E-state index in [4.69, 9.17) is 32.7 Å². The van der Waals surface area contributed by atoms with Crippen LogP contribution in [0.15, 0.2) is 42.2 Å². The van der Waals surface area contributed by atoms with Crippen molar-refractivity contribution in [1.29, 1.82) is 0 Å². The van der Waals surface area contributed by atoms with E-state index in [2.05, 4.69) is 0 Å². The van der Waals surface area contributed by atoms with Crippen LogP contribution >= 0.6 is 23.2 Å². The third kappa shape index (κ3) is 3.28. The molecule has 2 aromatic rings. The van der Waals surface area contributed by atoms with Gasteiger partial charge in [0.25, 0.3) is 0 Å². The molecule has 1 aliphatic heterocycles. The summed E-state index contributed by atoms with van der Waals surface area (Å²) >= 11 is 11.9. The van der Waals surface area contributed by atoms with Gasteiger partial charge >= 0.3 is 5.97 Å². The highest BCUT2D eigenvalue weighted by Gasteiger charge is 2.32. The highest BCUT2D eigenvalue weighted by atomic mass is 35.5. The molecule has 1 aliphatic carbocycles. The van der Waals surface area contributed by atoms with Crippen LogP contribution in [0.25, 0.3) is 6.08 Å². The zero-order valence-electron chi connectivity index (χ0n) is 12.9. The van der Waals surface area contributed by atoms with E-state index in [0.717, 1.165) is 12.8 Å². The number of carbonyl (C=O) groups is 2. The largest absolute Gasteiger partial charge is 0.452 e. The van der Waals surface area contributed by atoms with E-state index in [-0.39, 0.29) is 23.4 Å². The zero-order valence-corrected chi connectivity index (χ0v) is 14.4. The number of rotatable bonds is 3. The quantitative estimate of drug-likeness (QED) is 0.434. The predicted molar refractivity (Wildman–Crippen MR) is 94.2 cm³/mol. The Morgan fingerprint density at radius 1 is 1.12 bits per heavy atom. The molecule has 1 saturated carbocycles. The van der Waals surface area contributed by atoms with Crippen molar-refractivity contribution in [2.75, 3.05) is 0 Å². The molecule has 4 rings (SSSR count). The highest BCUT2D eigenvalue weighted by molar-refractivity contribution is 6.42. The normalized spacial score (nSPS) is 17.4. The lowest BCUT2D eigenvalue weighted by molar-refractivity contribution is -0.135. The molecule has 0 atom stereocenters. The minimum atomic E-state index is -0.240. The number of hydrogen-bond donors (Lipinski definition) is 0. The minimum absolute atomic E-state index is 0.000847. The second-order valence-electron chi connectivity index (χ2n) is 5.97. The maximum Gasteiger partial charge on any atom is 0.314 e. The molecular formula is C19H12Cl2O4. The molecule has 126 valence electrons. The van der Waals surface area contributed by atoms with E-state index in [1.807, 2.05) is 0 Å². The maximum atomic E-state index is 12.4. The molecular weight excluding hydrogens is 363 g/mol. The van der Waals surface area contributed by atoms with Crippen molar-refractivity contribution in [3.05, 3.63) is 63.3 Å². The highest BCUT2D eigenvalue weighted by Crippen LogP contribution is 2.36. The van der Waals surface area contributed by atoms with Crippen molar-refractivity contribution in [2.45, 2.75) is 12.8 Å². The summed E-state index contributed by atoms with van der Waals surface area (Å²) in [4.78, 5) is 24.2. The summed E-state index contributed by atoms with van der Waals surface area (Å²) in [6, 6.07) is 9.80. The predicted octanol–water partition coefficient (Wildman–Crippen LogP) is 4.93. The molecule has 0 N–H and O–H groups in total. The summed E-state index contributed by atoms with van der Waals surface area (Å²) in [5.41, 5.74) is 1.13. The van der Waals surface area contributed by atoms with Crippen LogP contribution in [0.4, 0.5) is 0 Å². The lowest BCUT2D eigenvalue weighted by atomic mass is 10.1. The Kier molecular flexibility index (Phi) is 4.02. The van der Waals surface area contributed by atoms with Crippen LogP contribution in [-0.2, 0) is 4.79 Å². The summed E-state index contributed by atoms with van der Waals surface area (Å²) in [5, 5.41) is 0.834. The lowest BCUT2D eigenvalue weighted by Gasteiger charge is -2.04. The number of allylic oxidation sites excluding steroid dienone is 1. The fourth-order valence-electron chi connectivity index (χ4n) is 2.50. The number of ketones is 1. The van der Waals surface area contributed by atoms with E-state index < -0.39 is 0 Å². The lowest BCUT2D eigenvalue weighted by Crippen LogP contribution is -2.09. The van der Waals surface area contributed by atoms with Gasteiger partial charge in [-0.25, -0.2) is 0 Å². The van der Waals surface area contributed by atoms with Gasteiger partial charge in [-0.05, 0) is 48.7 Å². The van der Waals surface area contributed by atoms with Gasteiger partial charge in [-0.1, -0.05) is 29.3 Å². The minimum Gasteiger partial charge on any atom is -0.452 e. The molecule has 6 heteroatoms. The van der Waals surface area contributed by atoms with Crippen molar-refractivity contribution in [3.63, 3.8) is 0 Å². The third-order valence-corrected chi connectivity index (χ3v) is 4.75. The average molecular weight is 375 g/mol. The van der Waals surface area contributed by atoms with Gasteiger partial charge < -0.3 is 9.47 Å². The van der Waals surface area contributed by atoms with E-state index >= 15 is 0 Å². The molecule has 0 aromatic heterocycles. The SMILES string of the molecule is O=C1/C(=C/c2ccc(Cl)c(Cl)c2)Oc2cc(OC(=O)C3CC3)ccc21. The maximum absolute atomic E-state index is 12.4. The Morgan fingerprint density at radius 3 is 2.64 bits per heavy atom. The number of ether oxygens (including phenoxy) is 2. The van der Waals surface area contributed by atoms with Gasteiger partial charge in [0.05, 0.1) is 21.5 Å². The summed E-state index contributed by atoms with van der Waals surface area (Å²) in [7, 11) is 0. The van der Waals surface area contributed by atoms with Crippen LogP contribution < -0.4 is 9.47 Å². The first-order chi connectivity index (χ1) is 12.0. The molecule has 0 radical (unpaired) electrons. The molecule has 0 amide bonds. The van der Waals surface area contributed by atoms with Gasteiger partial charge in [-0.15, -0.1) is 0 Å². The Bertz CT molecular complexity index is 929. The molecule has 0 spiro atoms. The summed E-state index contributed by atoms with van der Waals surface area (Å²) < 4.78 is 10.9. The number of halogens is 2. The first-order valence-corrected chi connectivity index (χ1v) is 8.52. The van der Waals surface area contributed by atoms with Crippen LogP contribution in [0.5, 0.6) is 11.5 Å². The van der Waals surface area contributed by atoms with Gasteiger partial charge in [0, 0.05) is 6.07 Å². The second kappa shape index (κ2) is 6.21. The number of benzene rings is 2. The van der Waals surface area contributed by atoms with Gasteiger partial charge in [0.2, 0.25) is 5.78 Å². The van der Waals surface area contributed by atoms with Crippen molar-refractivity contribution in [1.82, 2.24) is 0 Å². The summed E-state index contributed by atoms with van der Waals surface area (Å²) in [6.45, 7) is 0. The van der Waals surface area contributed by atoms with Crippen LogP contribution in [0.3, 0.4) is 0 Å². The Hall–Kier alpha value is -2.30. The number of Topliss-reactive ketones (excluding diaryl/α,β-unsaturated/α-hetero) is 1. The molecule has 0 saturated heterocycles. The Balaban J connectivity index is 1.58. The first-order valence-electron chi connectivity index (χ1n) is 7.76. The standard InChI is InChI=1S/C19H12Cl2O4/c20-14-6-1-10(7-15(14)21)8-17-18(22)13-5-4-12(9-16(13)25-17)24-19(23)11-2-3-11/h1,4-9,11H,2-3H2/b17-8-. The summed E-state index contributed by atoms with van der Waals surface area (Å²) in [5.74, 6) is 0.452. The molecule has 0 unspecified atom stereocenters. The third-order valence-electron chi connectivity index (χ3n) is 4.01. The fraction of sp³-hybridized carbons (Fsp3) is 0.158. The van der Waals surface area contributed by atoms with Crippen LogP contribution in [0, 0.1) is 5.92 Å². The van der Waals surface area contributed by atoms with Crippen LogP contribution in [0.1, 0.15) is 28.8 Å². The summed E-state index contributed by atoms with van der Waals surface area (Å²) in [6.07, 6.45) is 3.34. The number of esters is 1. The van der Waals surface area contributed by atoms with E-state index in [0.29, 0.717) is 32.7 Å². The molecule has 1 fully saturated rings. The number of fused-ring (bicyclic) bond motifs is 1. The van der Waals surface area contributed by atoms with Gasteiger partial charge in [0.1, 0.15) is 11.5 Å². The van der Waals surface area contributed by atoms with Crippen LogP contribution in [-0.4, -0.2) is 11.8 Å². The number of carbonyl (C=O) groups excluding carboxylic acids is 2.